The predicted molar refractivity (Wildman–Crippen MR) is 36.1 cm³/mol. The lowest BCUT2D eigenvalue weighted by Crippen LogP contribution is -2.06. The van der Waals surface area contributed by atoms with Gasteiger partial charge in [0.25, 0.3) is 0 Å². The predicted octanol–water partition coefficient (Wildman–Crippen LogP) is 1.12. The van der Waals surface area contributed by atoms with E-state index in [1.165, 1.54) is 24.3 Å². The van der Waals surface area contributed by atoms with Crippen molar-refractivity contribution in [3.05, 3.63) is 30.1 Å². The summed E-state index contributed by atoms with van der Waals surface area (Å²) in [6.07, 6.45) is 0. The van der Waals surface area contributed by atoms with Crippen LogP contribution in [0.4, 0.5) is 4.39 Å². The Labute approximate surface area is 58.4 Å². The third-order valence-electron chi connectivity index (χ3n) is 1.06. The van der Waals surface area contributed by atoms with Crippen molar-refractivity contribution in [1.82, 2.24) is 0 Å². The molecule has 0 amide bonds. The van der Waals surface area contributed by atoms with E-state index in [0.717, 1.165) is 0 Å². The Bertz CT molecular complexity index is 197. The van der Waals surface area contributed by atoms with Crippen molar-refractivity contribution in [2.45, 2.75) is 0 Å². The summed E-state index contributed by atoms with van der Waals surface area (Å²) in [6, 6.07) is 5.71. The molecule has 0 heterocycles. The fourth-order valence-electron chi connectivity index (χ4n) is 0.627. The molecule has 0 aliphatic carbocycles. The molecule has 0 aromatic heterocycles. The van der Waals surface area contributed by atoms with E-state index in [9.17, 15) is 4.39 Å². The lowest BCUT2D eigenvalue weighted by atomic mass is 10.3. The third-order valence-corrected chi connectivity index (χ3v) is 1.06. The van der Waals surface area contributed by atoms with Crippen molar-refractivity contribution in [2.24, 2.45) is 5.73 Å². The van der Waals surface area contributed by atoms with E-state index >= 15 is 0 Å². The summed E-state index contributed by atoms with van der Waals surface area (Å²) in [7, 11) is 0. The minimum atomic E-state index is -0.274. The maximum atomic E-state index is 12.2. The molecule has 3 heteroatoms. The zero-order valence-electron chi connectivity index (χ0n) is 5.38. The van der Waals surface area contributed by atoms with Crippen molar-refractivity contribution in [3.63, 3.8) is 0 Å². The number of halogens is 1. The highest BCUT2D eigenvalue weighted by atomic mass is 19.1. The van der Waals surface area contributed by atoms with Crippen LogP contribution < -0.4 is 10.5 Å². The fourth-order valence-corrected chi connectivity index (χ4v) is 0.627. The van der Waals surface area contributed by atoms with Gasteiger partial charge in [0.15, 0.2) is 0 Å². The van der Waals surface area contributed by atoms with Gasteiger partial charge in [-0.1, -0.05) is 0 Å². The minimum Gasteiger partial charge on any atom is -0.479 e. The standard InChI is InChI=1S/C7H8FNO/c8-6-1-3-7(4-2-6)10-5-9/h1-4H,5,9H2. The van der Waals surface area contributed by atoms with Crippen LogP contribution in [0.5, 0.6) is 5.75 Å². The van der Waals surface area contributed by atoms with Crippen LogP contribution in [0.15, 0.2) is 24.3 Å². The highest BCUT2D eigenvalue weighted by molar-refractivity contribution is 5.21. The maximum absolute atomic E-state index is 12.2. The van der Waals surface area contributed by atoms with E-state index in [2.05, 4.69) is 0 Å². The summed E-state index contributed by atoms with van der Waals surface area (Å²) in [6.45, 7) is 0.117. The topological polar surface area (TPSA) is 35.2 Å². The smallest absolute Gasteiger partial charge is 0.137 e. The molecule has 0 unspecified atom stereocenters. The van der Waals surface area contributed by atoms with Crippen LogP contribution >= 0.6 is 0 Å². The number of hydrogen-bond donors (Lipinski definition) is 1. The number of benzene rings is 1. The van der Waals surface area contributed by atoms with E-state index in [-0.39, 0.29) is 12.5 Å². The molecular formula is C7H8FNO. The van der Waals surface area contributed by atoms with Gasteiger partial charge in [0, 0.05) is 0 Å². The molecule has 0 bridgehead atoms. The first-order valence-corrected chi connectivity index (χ1v) is 2.91. The monoisotopic (exact) mass is 141 g/mol. The van der Waals surface area contributed by atoms with Crippen LogP contribution in [0.25, 0.3) is 0 Å². The first-order valence-electron chi connectivity index (χ1n) is 2.91. The molecule has 0 saturated carbocycles. The van der Waals surface area contributed by atoms with Gasteiger partial charge in [-0.05, 0) is 24.3 Å². The summed E-state index contributed by atoms with van der Waals surface area (Å²) >= 11 is 0. The maximum Gasteiger partial charge on any atom is 0.137 e. The van der Waals surface area contributed by atoms with Gasteiger partial charge in [-0.15, -0.1) is 0 Å². The Morgan fingerprint density at radius 3 is 2.40 bits per heavy atom. The van der Waals surface area contributed by atoms with Gasteiger partial charge in [-0.25, -0.2) is 4.39 Å². The Kier molecular flexibility index (Phi) is 2.23. The second-order valence-corrected chi connectivity index (χ2v) is 1.76. The lowest BCUT2D eigenvalue weighted by Gasteiger charge is -1.99. The second kappa shape index (κ2) is 3.17. The number of hydrogen-bond acceptors (Lipinski definition) is 2. The van der Waals surface area contributed by atoms with E-state index in [1.54, 1.807) is 0 Å². The van der Waals surface area contributed by atoms with Crippen LogP contribution in [0.2, 0.25) is 0 Å². The molecule has 2 nitrogen and oxygen atoms in total. The molecular weight excluding hydrogens is 133 g/mol. The first-order chi connectivity index (χ1) is 4.83. The summed E-state index contributed by atoms with van der Waals surface area (Å²) in [5, 5.41) is 0. The fraction of sp³-hybridized carbons (Fsp3) is 0.143. The Morgan fingerprint density at radius 1 is 1.30 bits per heavy atom. The first kappa shape index (κ1) is 7.02. The molecule has 10 heavy (non-hydrogen) atoms. The van der Waals surface area contributed by atoms with Gasteiger partial charge in [0.2, 0.25) is 0 Å². The van der Waals surface area contributed by atoms with Gasteiger partial charge in [0.1, 0.15) is 18.3 Å². The van der Waals surface area contributed by atoms with Gasteiger partial charge >= 0.3 is 0 Å². The molecule has 0 radical (unpaired) electrons. The Balaban J connectivity index is 2.69. The van der Waals surface area contributed by atoms with Gasteiger partial charge in [0.05, 0.1) is 0 Å². The van der Waals surface area contributed by atoms with Crippen molar-refractivity contribution in [2.75, 3.05) is 6.73 Å². The average molecular weight is 141 g/mol. The summed E-state index contributed by atoms with van der Waals surface area (Å²) in [5.74, 6) is 0.313. The normalized spacial score (nSPS) is 9.40. The van der Waals surface area contributed by atoms with Gasteiger partial charge < -0.3 is 4.74 Å². The van der Waals surface area contributed by atoms with Crippen molar-refractivity contribution in [1.29, 1.82) is 0 Å². The number of nitrogens with two attached hydrogens (primary N) is 1. The molecule has 0 saturated heterocycles. The number of rotatable bonds is 2. The Hall–Kier alpha value is -1.09. The second-order valence-electron chi connectivity index (χ2n) is 1.76. The molecule has 54 valence electrons. The SMILES string of the molecule is NCOc1ccc(F)cc1. The van der Waals surface area contributed by atoms with Crippen LogP contribution in [-0.4, -0.2) is 6.73 Å². The van der Waals surface area contributed by atoms with Crippen molar-refractivity contribution < 1.29 is 9.13 Å². The highest BCUT2D eigenvalue weighted by Gasteiger charge is 1.90. The van der Waals surface area contributed by atoms with E-state index in [4.69, 9.17) is 10.5 Å². The van der Waals surface area contributed by atoms with Crippen LogP contribution in [0, 0.1) is 5.82 Å². The Morgan fingerprint density at radius 2 is 1.90 bits per heavy atom. The van der Waals surface area contributed by atoms with E-state index < -0.39 is 0 Å². The van der Waals surface area contributed by atoms with E-state index in [1.807, 2.05) is 0 Å². The zero-order chi connectivity index (χ0) is 7.40. The summed E-state index contributed by atoms with van der Waals surface area (Å²) in [4.78, 5) is 0. The van der Waals surface area contributed by atoms with Crippen LogP contribution in [0.1, 0.15) is 0 Å². The molecule has 0 aliphatic heterocycles. The largest absolute Gasteiger partial charge is 0.479 e. The molecule has 0 spiro atoms. The van der Waals surface area contributed by atoms with Crippen LogP contribution in [0.3, 0.4) is 0 Å². The summed E-state index contributed by atoms with van der Waals surface area (Å²) < 4.78 is 17.1. The van der Waals surface area contributed by atoms with Crippen LogP contribution in [-0.2, 0) is 0 Å². The molecule has 1 rings (SSSR count). The third kappa shape index (κ3) is 1.70. The molecule has 0 aliphatic rings. The highest BCUT2D eigenvalue weighted by Crippen LogP contribution is 2.09. The lowest BCUT2D eigenvalue weighted by molar-refractivity contribution is 0.329. The molecule has 0 atom stereocenters. The summed E-state index contributed by atoms with van der Waals surface area (Å²) in [5.41, 5.74) is 5.08. The molecule has 1 aromatic carbocycles. The number of ether oxygens (including phenoxy) is 1. The quantitative estimate of drug-likeness (QED) is 0.626. The van der Waals surface area contributed by atoms with Crippen molar-refractivity contribution in [3.8, 4) is 5.75 Å². The average Bonchev–Trinajstić information content (AvgIpc) is 1.95. The molecule has 0 fully saturated rings. The molecule has 2 N–H and O–H groups in total. The van der Waals surface area contributed by atoms with Gasteiger partial charge in [-0.3, -0.25) is 5.73 Å². The molecule has 1 aromatic rings. The zero-order valence-corrected chi connectivity index (χ0v) is 5.38. The van der Waals surface area contributed by atoms with Crippen molar-refractivity contribution >= 4 is 0 Å². The minimum absolute atomic E-state index is 0.117. The van der Waals surface area contributed by atoms with Gasteiger partial charge in [-0.2, -0.15) is 0 Å². The van der Waals surface area contributed by atoms with E-state index in [0.29, 0.717) is 5.75 Å².